The molecule has 0 saturated heterocycles. The van der Waals surface area contributed by atoms with Crippen LogP contribution in [0.1, 0.15) is 35.8 Å². The van der Waals surface area contributed by atoms with Gasteiger partial charge >= 0.3 is 5.97 Å². The van der Waals surface area contributed by atoms with Gasteiger partial charge in [-0.15, -0.1) is 0 Å². The lowest BCUT2D eigenvalue weighted by atomic mass is 9.92. The number of aromatic amines is 1. The summed E-state index contributed by atoms with van der Waals surface area (Å²) in [6, 6.07) is 13.4. The molecule has 0 spiro atoms. The van der Waals surface area contributed by atoms with E-state index < -0.39 is 11.8 Å². The first-order valence-electron chi connectivity index (χ1n) is 10.6. The lowest BCUT2D eigenvalue weighted by Gasteiger charge is -2.19. The van der Waals surface area contributed by atoms with Crippen molar-refractivity contribution in [2.45, 2.75) is 19.8 Å². The third-order valence-corrected chi connectivity index (χ3v) is 5.62. The van der Waals surface area contributed by atoms with Crippen LogP contribution in [-0.4, -0.2) is 26.3 Å². The Balaban J connectivity index is 1.78. The number of pyridine rings is 1. The van der Waals surface area contributed by atoms with Gasteiger partial charge in [0.1, 0.15) is 5.82 Å². The molecule has 0 amide bonds. The fourth-order valence-electron chi connectivity index (χ4n) is 3.98. The number of nitrogens with one attached hydrogen (secondary N) is 1. The normalized spacial score (nSPS) is 11.4. The zero-order valence-electron chi connectivity index (χ0n) is 18.3. The SMILES string of the molecule is CC(C)c1nc(Oc2ccc(C(=O)O)cc2F)c2cc3[nH]ncc3cc2c1-c1ccc(F)cc1. The van der Waals surface area contributed by atoms with Gasteiger partial charge in [-0.25, -0.2) is 18.6 Å². The molecule has 2 heterocycles. The number of carbonyl (C=O) groups is 1. The van der Waals surface area contributed by atoms with E-state index in [1.165, 1.54) is 24.3 Å². The lowest BCUT2D eigenvalue weighted by molar-refractivity contribution is 0.0696. The van der Waals surface area contributed by atoms with Crippen LogP contribution in [0.5, 0.6) is 11.6 Å². The number of carboxylic acids is 1. The van der Waals surface area contributed by atoms with Gasteiger partial charge in [-0.3, -0.25) is 5.10 Å². The van der Waals surface area contributed by atoms with Crippen LogP contribution >= 0.6 is 0 Å². The van der Waals surface area contributed by atoms with Crippen LogP contribution in [-0.2, 0) is 0 Å². The van der Waals surface area contributed by atoms with Crippen molar-refractivity contribution < 1.29 is 23.4 Å². The lowest BCUT2D eigenvalue weighted by Crippen LogP contribution is -2.03. The molecule has 5 rings (SSSR count). The maximum Gasteiger partial charge on any atom is 0.335 e. The molecule has 8 heteroatoms. The number of ether oxygens (including phenoxy) is 1. The van der Waals surface area contributed by atoms with Crippen molar-refractivity contribution in [2.24, 2.45) is 0 Å². The number of H-pyrrole nitrogens is 1. The Kier molecular flexibility index (Phi) is 5.20. The highest BCUT2D eigenvalue weighted by Gasteiger charge is 2.21. The second kappa shape index (κ2) is 8.22. The highest BCUT2D eigenvalue weighted by Crippen LogP contribution is 2.41. The molecule has 0 bridgehead atoms. The summed E-state index contributed by atoms with van der Waals surface area (Å²) in [5, 5.41) is 18.4. The summed E-state index contributed by atoms with van der Waals surface area (Å²) in [7, 11) is 0. The second-order valence-electron chi connectivity index (χ2n) is 8.25. The van der Waals surface area contributed by atoms with Crippen LogP contribution in [0.3, 0.4) is 0 Å². The Hall–Kier alpha value is -4.33. The quantitative estimate of drug-likeness (QED) is 0.306. The van der Waals surface area contributed by atoms with Crippen LogP contribution < -0.4 is 4.74 Å². The van der Waals surface area contributed by atoms with E-state index in [1.54, 1.807) is 18.3 Å². The van der Waals surface area contributed by atoms with Crippen molar-refractivity contribution in [2.75, 3.05) is 0 Å². The minimum Gasteiger partial charge on any atom is -0.478 e. The first kappa shape index (κ1) is 21.5. The first-order valence-corrected chi connectivity index (χ1v) is 10.6. The van der Waals surface area contributed by atoms with Gasteiger partial charge in [-0.1, -0.05) is 26.0 Å². The molecule has 0 aliphatic carbocycles. The molecule has 2 aromatic heterocycles. The molecule has 0 radical (unpaired) electrons. The largest absolute Gasteiger partial charge is 0.478 e. The van der Waals surface area contributed by atoms with E-state index in [4.69, 9.17) is 14.8 Å². The average molecular weight is 459 g/mol. The van der Waals surface area contributed by atoms with Crippen LogP contribution in [0.15, 0.2) is 60.8 Å². The molecule has 6 nitrogen and oxygen atoms in total. The molecule has 0 aliphatic rings. The van der Waals surface area contributed by atoms with E-state index in [1.807, 2.05) is 26.0 Å². The maximum absolute atomic E-state index is 14.7. The summed E-state index contributed by atoms with van der Waals surface area (Å²) < 4.78 is 34.2. The molecule has 0 fully saturated rings. The van der Waals surface area contributed by atoms with Gasteiger partial charge in [0, 0.05) is 16.3 Å². The van der Waals surface area contributed by atoms with E-state index in [9.17, 15) is 13.6 Å². The van der Waals surface area contributed by atoms with Crippen molar-refractivity contribution in [1.82, 2.24) is 15.2 Å². The summed E-state index contributed by atoms with van der Waals surface area (Å²) in [5.74, 6) is -2.40. The third kappa shape index (κ3) is 3.73. The van der Waals surface area contributed by atoms with Crippen molar-refractivity contribution in [3.8, 4) is 22.8 Å². The number of halogens is 2. The summed E-state index contributed by atoms with van der Waals surface area (Å²) in [6.07, 6.45) is 1.70. The molecular weight excluding hydrogens is 440 g/mol. The smallest absolute Gasteiger partial charge is 0.335 e. The summed E-state index contributed by atoms with van der Waals surface area (Å²) in [5.41, 5.74) is 2.86. The fraction of sp³-hybridized carbons (Fsp3) is 0.115. The van der Waals surface area contributed by atoms with E-state index in [2.05, 4.69) is 10.2 Å². The van der Waals surface area contributed by atoms with E-state index in [-0.39, 0.29) is 28.9 Å². The molecule has 0 unspecified atom stereocenters. The van der Waals surface area contributed by atoms with Gasteiger partial charge in [-0.05, 0) is 59.3 Å². The Morgan fingerprint density at radius 1 is 1.03 bits per heavy atom. The zero-order chi connectivity index (χ0) is 24.0. The van der Waals surface area contributed by atoms with Gasteiger partial charge in [-0.2, -0.15) is 5.10 Å². The van der Waals surface area contributed by atoms with Crippen molar-refractivity contribution in [3.05, 3.63) is 83.7 Å². The molecule has 0 atom stereocenters. The number of hydrogen-bond donors (Lipinski definition) is 2. The number of fused-ring (bicyclic) bond motifs is 2. The molecule has 170 valence electrons. The minimum atomic E-state index is -1.23. The van der Waals surface area contributed by atoms with Crippen LogP contribution in [0.25, 0.3) is 32.8 Å². The van der Waals surface area contributed by atoms with Crippen molar-refractivity contribution >= 4 is 27.6 Å². The van der Waals surface area contributed by atoms with E-state index >= 15 is 0 Å². The molecule has 0 saturated carbocycles. The number of nitrogens with zero attached hydrogens (tertiary/aromatic N) is 2. The Labute approximate surface area is 192 Å². The van der Waals surface area contributed by atoms with Gasteiger partial charge in [0.2, 0.25) is 5.88 Å². The standard InChI is InChI=1S/C26H19F2N3O3/c1-13(2)24-23(14-3-6-17(27)7-4-14)18-9-16-12-29-31-21(16)11-19(18)25(30-24)34-22-8-5-15(26(32)33)10-20(22)28/h3-13H,1-2H3,(H,29,31)(H,32,33). The second-order valence-corrected chi connectivity index (χ2v) is 8.25. The fourth-order valence-corrected chi connectivity index (χ4v) is 3.98. The summed E-state index contributed by atoms with van der Waals surface area (Å²) in [4.78, 5) is 15.9. The maximum atomic E-state index is 14.7. The van der Waals surface area contributed by atoms with E-state index in [0.717, 1.165) is 33.5 Å². The third-order valence-electron chi connectivity index (χ3n) is 5.62. The molecule has 3 aromatic carbocycles. The van der Waals surface area contributed by atoms with Gasteiger partial charge in [0.25, 0.3) is 0 Å². The zero-order valence-corrected chi connectivity index (χ0v) is 18.3. The molecule has 34 heavy (non-hydrogen) atoms. The minimum absolute atomic E-state index is 0.0360. The predicted octanol–water partition coefficient (Wildman–Crippen LogP) is 6.67. The van der Waals surface area contributed by atoms with E-state index in [0.29, 0.717) is 11.1 Å². The van der Waals surface area contributed by atoms with Gasteiger partial charge < -0.3 is 9.84 Å². The molecular formula is C26H19F2N3O3. The van der Waals surface area contributed by atoms with Crippen molar-refractivity contribution in [3.63, 3.8) is 0 Å². The number of hydrogen-bond acceptors (Lipinski definition) is 4. The van der Waals surface area contributed by atoms with Crippen LogP contribution in [0.4, 0.5) is 8.78 Å². The first-order chi connectivity index (χ1) is 16.3. The predicted molar refractivity (Wildman–Crippen MR) is 124 cm³/mol. The number of carboxylic acid groups (broad SMARTS) is 1. The number of benzene rings is 3. The number of aromatic carboxylic acids is 1. The van der Waals surface area contributed by atoms with Gasteiger partial charge in [0.15, 0.2) is 11.6 Å². The Morgan fingerprint density at radius 2 is 1.79 bits per heavy atom. The molecule has 5 aromatic rings. The topological polar surface area (TPSA) is 88.1 Å². The highest BCUT2D eigenvalue weighted by atomic mass is 19.1. The summed E-state index contributed by atoms with van der Waals surface area (Å²) in [6.45, 7) is 3.95. The Morgan fingerprint density at radius 3 is 2.47 bits per heavy atom. The average Bonchev–Trinajstić information content (AvgIpc) is 3.27. The monoisotopic (exact) mass is 459 g/mol. The van der Waals surface area contributed by atoms with Crippen LogP contribution in [0, 0.1) is 11.6 Å². The summed E-state index contributed by atoms with van der Waals surface area (Å²) >= 11 is 0. The van der Waals surface area contributed by atoms with Crippen molar-refractivity contribution in [1.29, 1.82) is 0 Å². The number of aromatic nitrogens is 3. The highest BCUT2D eigenvalue weighted by molar-refractivity contribution is 6.06. The van der Waals surface area contributed by atoms with Gasteiger partial charge in [0.05, 0.1) is 23.0 Å². The van der Waals surface area contributed by atoms with Crippen LogP contribution in [0.2, 0.25) is 0 Å². The molecule has 2 N–H and O–H groups in total. The number of rotatable bonds is 5. The Bertz CT molecular complexity index is 1560. The molecule has 0 aliphatic heterocycles.